The molecule has 1 aliphatic carbocycles. The quantitative estimate of drug-likeness (QED) is 0.591. The summed E-state index contributed by atoms with van der Waals surface area (Å²) in [7, 11) is 0. The third-order valence-corrected chi connectivity index (χ3v) is 4.35. The van der Waals surface area contributed by atoms with E-state index in [1.54, 1.807) is 12.1 Å². The van der Waals surface area contributed by atoms with Crippen LogP contribution in [0.3, 0.4) is 0 Å². The Morgan fingerprint density at radius 1 is 0.737 bits per heavy atom. The number of rotatable bonds is 0. The number of phenolic OH excluding ortho intramolecular Hbond substituents is 2. The Morgan fingerprint density at radius 2 is 1.16 bits per heavy atom. The van der Waals surface area contributed by atoms with Crippen molar-refractivity contribution in [2.24, 2.45) is 0 Å². The highest BCUT2D eigenvalue weighted by Gasteiger charge is 2.34. The maximum absolute atomic E-state index is 9.91. The molecule has 4 rings (SSSR count). The summed E-state index contributed by atoms with van der Waals surface area (Å²) in [6.07, 6.45) is 0. The van der Waals surface area contributed by atoms with Crippen molar-refractivity contribution in [2.45, 2.75) is 19.3 Å². The smallest absolute Gasteiger partial charge is 0.116 e. The predicted molar refractivity (Wildman–Crippen MR) is 76.9 cm³/mol. The Hall–Kier alpha value is -2.22. The summed E-state index contributed by atoms with van der Waals surface area (Å²) in [5.74, 6) is 0.596. The van der Waals surface area contributed by atoms with Gasteiger partial charge >= 0.3 is 0 Å². The summed E-state index contributed by atoms with van der Waals surface area (Å²) in [6, 6.07) is 11.3. The summed E-state index contributed by atoms with van der Waals surface area (Å²) in [6.45, 7) is 4.27. The van der Waals surface area contributed by atoms with Crippen LogP contribution in [0.4, 0.5) is 0 Å². The van der Waals surface area contributed by atoms with E-state index in [1.807, 2.05) is 24.3 Å². The average molecular weight is 250 g/mol. The first-order valence-corrected chi connectivity index (χ1v) is 6.42. The van der Waals surface area contributed by atoms with Crippen molar-refractivity contribution in [3.63, 3.8) is 0 Å². The van der Waals surface area contributed by atoms with Gasteiger partial charge in [-0.1, -0.05) is 26.0 Å². The van der Waals surface area contributed by atoms with Gasteiger partial charge in [-0.25, -0.2) is 0 Å². The predicted octanol–water partition coefficient (Wildman–Crippen LogP) is 4.04. The lowest BCUT2D eigenvalue weighted by Crippen LogP contribution is -2.15. The normalized spacial score (nSPS) is 15.7. The average Bonchev–Trinajstić information content (AvgIpc) is 2.56. The van der Waals surface area contributed by atoms with Gasteiger partial charge in [0.1, 0.15) is 11.5 Å². The Morgan fingerprint density at radius 3 is 1.58 bits per heavy atom. The topological polar surface area (TPSA) is 40.5 Å². The minimum Gasteiger partial charge on any atom is -0.508 e. The molecule has 0 bridgehead atoms. The number of aromatic hydroxyl groups is 2. The molecule has 1 aliphatic rings. The monoisotopic (exact) mass is 250 g/mol. The van der Waals surface area contributed by atoms with Crippen LogP contribution >= 0.6 is 0 Å². The summed E-state index contributed by atoms with van der Waals surface area (Å²) in [5.41, 5.74) is 2.07. The molecule has 0 radical (unpaired) electrons. The van der Waals surface area contributed by atoms with Crippen LogP contribution in [-0.2, 0) is 5.41 Å². The van der Waals surface area contributed by atoms with Gasteiger partial charge in [-0.05, 0) is 56.9 Å². The van der Waals surface area contributed by atoms with Gasteiger partial charge in [0.25, 0.3) is 0 Å². The van der Waals surface area contributed by atoms with E-state index in [9.17, 15) is 10.2 Å². The van der Waals surface area contributed by atoms with Crippen LogP contribution < -0.4 is 0 Å². The molecular formula is C17H14O2. The van der Waals surface area contributed by atoms with Gasteiger partial charge in [0.05, 0.1) is 0 Å². The molecule has 0 saturated carbocycles. The van der Waals surface area contributed by atoms with E-state index in [0.29, 0.717) is 11.5 Å². The molecule has 0 aromatic heterocycles. The van der Waals surface area contributed by atoms with Crippen molar-refractivity contribution >= 4 is 21.5 Å². The summed E-state index contributed by atoms with van der Waals surface area (Å²) < 4.78 is 0. The second kappa shape index (κ2) is 3.02. The largest absolute Gasteiger partial charge is 0.508 e. The van der Waals surface area contributed by atoms with E-state index in [4.69, 9.17) is 0 Å². The third kappa shape index (κ3) is 1.16. The fraction of sp³-hybridized carbons (Fsp3) is 0.176. The van der Waals surface area contributed by atoms with Crippen molar-refractivity contribution in [2.75, 3.05) is 0 Å². The van der Waals surface area contributed by atoms with Crippen molar-refractivity contribution < 1.29 is 10.2 Å². The molecule has 0 heterocycles. The lowest BCUT2D eigenvalue weighted by atomic mass is 9.81. The maximum atomic E-state index is 9.91. The zero-order valence-electron chi connectivity index (χ0n) is 10.9. The van der Waals surface area contributed by atoms with Crippen LogP contribution in [0.5, 0.6) is 11.5 Å². The van der Waals surface area contributed by atoms with Gasteiger partial charge in [0.15, 0.2) is 0 Å². The lowest BCUT2D eigenvalue weighted by molar-refractivity contribution is 0.472. The van der Waals surface area contributed by atoms with Gasteiger partial charge in [0.2, 0.25) is 0 Å². The van der Waals surface area contributed by atoms with E-state index in [0.717, 1.165) is 21.9 Å². The molecule has 0 spiro atoms. The molecule has 3 aromatic rings. The Labute approximate surface area is 110 Å². The molecule has 2 N–H and O–H groups in total. The highest BCUT2D eigenvalue weighted by atomic mass is 16.3. The summed E-state index contributed by atoms with van der Waals surface area (Å²) >= 11 is 0. The van der Waals surface area contributed by atoms with Crippen LogP contribution in [0.2, 0.25) is 0 Å². The summed E-state index contributed by atoms with van der Waals surface area (Å²) in [5, 5.41) is 24.3. The number of hydrogen-bond donors (Lipinski definition) is 2. The Bertz CT molecular complexity index is 789. The first kappa shape index (κ1) is 10.7. The van der Waals surface area contributed by atoms with E-state index >= 15 is 0 Å². The van der Waals surface area contributed by atoms with Crippen LogP contribution in [0.25, 0.3) is 21.5 Å². The second-order valence-electron chi connectivity index (χ2n) is 5.87. The number of phenols is 2. The van der Waals surface area contributed by atoms with Gasteiger partial charge < -0.3 is 10.2 Å². The molecule has 2 nitrogen and oxygen atoms in total. The molecule has 3 aromatic carbocycles. The van der Waals surface area contributed by atoms with Crippen molar-refractivity contribution in [3.05, 3.63) is 47.5 Å². The van der Waals surface area contributed by atoms with Crippen LogP contribution in [0, 0.1) is 0 Å². The fourth-order valence-corrected chi connectivity index (χ4v) is 3.43. The van der Waals surface area contributed by atoms with E-state index in [2.05, 4.69) is 13.8 Å². The molecular weight excluding hydrogens is 236 g/mol. The van der Waals surface area contributed by atoms with E-state index in [-0.39, 0.29) is 5.41 Å². The molecule has 0 atom stereocenters. The molecule has 2 heteroatoms. The van der Waals surface area contributed by atoms with Crippen molar-refractivity contribution in [1.82, 2.24) is 0 Å². The molecule has 0 saturated heterocycles. The third-order valence-electron chi connectivity index (χ3n) is 4.35. The van der Waals surface area contributed by atoms with Gasteiger partial charge in [-0.15, -0.1) is 0 Å². The van der Waals surface area contributed by atoms with Crippen LogP contribution in [-0.4, -0.2) is 10.2 Å². The van der Waals surface area contributed by atoms with Crippen molar-refractivity contribution in [1.29, 1.82) is 0 Å². The van der Waals surface area contributed by atoms with Gasteiger partial charge in [0, 0.05) is 5.41 Å². The van der Waals surface area contributed by atoms with Crippen LogP contribution in [0.1, 0.15) is 25.0 Å². The molecule has 0 fully saturated rings. The van der Waals surface area contributed by atoms with E-state index in [1.165, 1.54) is 10.8 Å². The van der Waals surface area contributed by atoms with Crippen LogP contribution in [0.15, 0.2) is 36.4 Å². The summed E-state index contributed by atoms with van der Waals surface area (Å²) in [4.78, 5) is 0. The Balaban J connectivity index is 2.36. The van der Waals surface area contributed by atoms with Crippen molar-refractivity contribution in [3.8, 4) is 11.5 Å². The first-order chi connectivity index (χ1) is 8.98. The maximum Gasteiger partial charge on any atom is 0.116 e. The van der Waals surface area contributed by atoms with Gasteiger partial charge in [-0.3, -0.25) is 0 Å². The zero-order valence-corrected chi connectivity index (χ0v) is 10.9. The molecule has 0 aliphatic heterocycles. The second-order valence-corrected chi connectivity index (χ2v) is 5.87. The first-order valence-electron chi connectivity index (χ1n) is 6.42. The highest BCUT2D eigenvalue weighted by Crippen LogP contribution is 2.50. The minimum absolute atomic E-state index is 0.197. The minimum atomic E-state index is -0.197. The molecule has 94 valence electrons. The standard InChI is InChI=1S/C17H14O2/c1-17(2)13-7-11(18)5-9-3-4-10-6-12(19)8-14(17)16(10)15(9)13/h3-8,18-19H,1-2H3. The number of benzene rings is 3. The lowest BCUT2D eigenvalue weighted by Gasteiger charge is -2.22. The van der Waals surface area contributed by atoms with Gasteiger partial charge in [-0.2, -0.15) is 0 Å². The Kier molecular flexibility index (Phi) is 1.70. The fourth-order valence-electron chi connectivity index (χ4n) is 3.43. The van der Waals surface area contributed by atoms with E-state index < -0.39 is 0 Å². The number of hydrogen-bond acceptors (Lipinski definition) is 2. The molecule has 0 amide bonds. The molecule has 0 unspecified atom stereocenters. The SMILES string of the molecule is CC1(C)c2cc(O)cc3ccc4cc(O)cc1c4c23. The molecule has 19 heavy (non-hydrogen) atoms. The zero-order chi connectivity index (χ0) is 13.4. The highest BCUT2D eigenvalue weighted by molar-refractivity contribution is 6.15.